The molecule has 2 saturated heterocycles. The molecule has 32 heavy (non-hydrogen) atoms. The summed E-state index contributed by atoms with van der Waals surface area (Å²) in [5.41, 5.74) is -0.432. The average molecular weight is 454 g/mol. The maximum Gasteiger partial charge on any atom is 0.246 e. The van der Waals surface area contributed by atoms with Crippen LogP contribution in [0.3, 0.4) is 0 Å². The SMILES string of the molecule is COCC(=O)NC[C@]1(O)CN(Cc2ccc(OCCN3CCOCC3)c(OC)c2)C[C@H]1O. The number of carbonyl (C=O) groups excluding carboxylic acids is 1. The van der Waals surface area contributed by atoms with Gasteiger partial charge in [0.15, 0.2) is 11.5 Å². The summed E-state index contributed by atoms with van der Waals surface area (Å²) in [6.07, 6.45) is -0.963. The van der Waals surface area contributed by atoms with Crippen molar-refractivity contribution in [3.8, 4) is 11.5 Å². The Morgan fingerprint density at radius 3 is 2.75 bits per heavy atom. The third-order valence-corrected chi connectivity index (χ3v) is 5.82. The molecule has 2 aliphatic heterocycles. The van der Waals surface area contributed by atoms with Gasteiger partial charge in [0.2, 0.25) is 5.91 Å². The van der Waals surface area contributed by atoms with Crippen molar-refractivity contribution >= 4 is 5.91 Å². The van der Waals surface area contributed by atoms with E-state index in [1.807, 2.05) is 23.1 Å². The molecule has 3 rings (SSSR count). The number of hydrogen-bond donors (Lipinski definition) is 3. The number of rotatable bonds is 11. The van der Waals surface area contributed by atoms with Gasteiger partial charge < -0.3 is 34.5 Å². The summed E-state index contributed by atoms with van der Waals surface area (Å²) >= 11 is 0. The predicted octanol–water partition coefficient (Wildman–Crippen LogP) is -0.924. The normalized spacial score (nSPS) is 24.4. The lowest BCUT2D eigenvalue weighted by atomic mass is 10.0. The van der Waals surface area contributed by atoms with Crippen LogP contribution in [0.15, 0.2) is 18.2 Å². The first-order valence-corrected chi connectivity index (χ1v) is 10.9. The van der Waals surface area contributed by atoms with Crippen molar-refractivity contribution in [2.45, 2.75) is 18.2 Å². The second-order valence-electron chi connectivity index (χ2n) is 8.29. The Bertz CT molecular complexity index is 744. The molecule has 3 N–H and O–H groups in total. The number of benzene rings is 1. The van der Waals surface area contributed by atoms with Gasteiger partial charge >= 0.3 is 0 Å². The molecule has 1 aromatic carbocycles. The van der Waals surface area contributed by atoms with Crippen LogP contribution in [0.2, 0.25) is 0 Å². The molecule has 0 aromatic heterocycles. The van der Waals surface area contributed by atoms with E-state index in [9.17, 15) is 15.0 Å². The molecule has 180 valence electrons. The number of hydrogen-bond acceptors (Lipinski definition) is 9. The van der Waals surface area contributed by atoms with Gasteiger partial charge in [-0.1, -0.05) is 6.07 Å². The highest BCUT2D eigenvalue weighted by molar-refractivity contribution is 5.77. The highest BCUT2D eigenvalue weighted by Crippen LogP contribution is 2.30. The third kappa shape index (κ3) is 6.77. The van der Waals surface area contributed by atoms with Crippen LogP contribution in [0.4, 0.5) is 0 Å². The maximum absolute atomic E-state index is 11.6. The van der Waals surface area contributed by atoms with Gasteiger partial charge in [-0.25, -0.2) is 0 Å². The monoisotopic (exact) mass is 453 g/mol. The summed E-state index contributed by atoms with van der Waals surface area (Å²) in [5.74, 6) is 0.996. The van der Waals surface area contributed by atoms with Gasteiger partial charge in [-0.05, 0) is 17.7 Å². The molecule has 1 aromatic rings. The minimum atomic E-state index is -1.41. The number of β-amino-alcohol motifs (C(OH)–C–C–N with tert-alkyl or cyclic N) is 2. The Labute approximate surface area is 189 Å². The molecule has 0 spiro atoms. The van der Waals surface area contributed by atoms with Crippen LogP contribution < -0.4 is 14.8 Å². The molecule has 0 unspecified atom stereocenters. The summed E-state index contributed by atoms with van der Waals surface area (Å²) < 4.78 is 21.6. The Kier molecular flexibility index (Phi) is 9.09. The predicted molar refractivity (Wildman–Crippen MR) is 117 cm³/mol. The summed E-state index contributed by atoms with van der Waals surface area (Å²) in [6, 6.07) is 5.75. The van der Waals surface area contributed by atoms with Crippen molar-refractivity contribution in [3.05, 3.63) is 23.8 Å². The third-order valence-electron chi connectivity index (χ3n) is 5.82. The van der Waals surface area contributed by atoms with Gasteiger partial charge in [-0.3, -0.25) is 14.6 Å². The highest BCUT2D eigenvalue weighted by Gasteiger charge is 2.44. The van der Waals surface area contributed by atoms with Gasteiger partial charge in [0, 0.05) is 46.4 Å². The Balaban J connectivity index is 1.51. The van der Waals surface area contributed by atoms with E-state index in [2.05, 4.69) is 10.2 Å². The van der Waals surface area contributed by atoms with Crippen molar-refractivity contribution in [2.24, 2.45) is 0 Å². The smallest absolute Gasteiger partial charge is 0.246 e. The van der Waals surface area contributed by atoms with Crippen molar-refractivity contribution in [3.63, 3.8) is 0 Å². The number of aliphatic hydroxyl groups excluding tert-OH is 1. The number of aliphatic hydroxyl groups is 2. The van der Waals surface area contributed by atoms with E-state index in [-0.39, 0.29) is 25.6 Å². The van der Waals surface area contributed by atoms with E-state index >= 15 is 0 Å². The second-order valence-corrected chi connectivity index (χ2v) is 8.29. The Hall–Kier alpha value is -1.95. The number of carbonyl (C=O) groups is 1. The van der Waals surface area contributed by atoms with Crippen LogP contribution in [-0.2, 0) is 20.8 Å². The summed E-state index contributed by atoms with van der Waals surface area (Å²) in [5, 5.41) is 23.7. The highest BCUT2D eigenvalue weighted by atomic mass is 16.5. The first-order valence-electron chi connectivity index (χ1n) is 10.9. The van der Waals surface area contributed by atoms with E-state index in [0.717, 1.165) is 38.4 Å². The zero-order chi connectivity index (χ0) is 23.0. The Morgan fingerprint density at radius 2 is 2.03 bits per heavy atom. The fraction of sp³-hybridized carbons (Fsp3) is 0.682. The fourth-order valence-electron chi connectivity index (χ4n) is 4.00. The average Bonchev–Trinajstić information content (AvgIpc) is 3.07. The number of morpholine rings is 1. The van der Waals surface area contributed by atoms with Gasteiger partial charge in [-0.15, -0.1) is 0 Å². The molecule has 0 aliphatic carbocycles. The molecular formula is C22H35N3O7. The molecule has 2 fully saturated rings. The molecular weight excluding hydrogens is 418 g/mol. The zero-order valence-corrected chi connectivity index (χ0v) is 18.9. The molecule has 2 aliphatic rings. The van der Waals surface area contributed by atoms with Gasteiger partial charge in [0.05, 0.1) is 33.0 Å². The number of nitrogens with zero attached hydrogens (tertiary/aromatic N) is 2. The van der Waals surface area contributed by atoms with Crippen molar-refractivity contribution in [2.75, 3.05) is 79.9 Å². The van der Waals surface area contributed by atoms with E-state index in [4.69, 9.17) is 18.9 Å². The minimum absolute atomic E-state index is 0.0356. The first-order chi connectivity index (χ1) is 15.4. The summed E-state index contributed by atoms with van der Waals surface area (Å²) in [6.45, 7) is 5.70. The molecule has 2 heterocycles. The summed E-state index contributed by atoms with van der Waals surface area (Å²) in [7, 11) is 3.03. The largest absolute Gasteiger partial charge is 0.493 e. The number of nitrogens with one attached hydrogen (secondary N) is 1. The number of methoxy groups -OCH3 is 2. The van der Waals surface area contributed by atoms with Crippen LogP contribution in [0.5, 0.6) is 11.5 Å². The molecule has 2 atom stereocenters. The number of amides is 1. The van der Waals surface area contributed by atoms with Gasteiger partial charge in [0.1, 0.15) is 18.8 Å². The van der Waals surface area contributed by atoms with E-state index in [1.165, 1.54) is 7.11 Å². The van der Waals surface area contributed by atoms with Crippen LogP contribution in [-0.4, -0.2) is 118 Å². The van der Waals surface area contributed by atoms with Gasteiger partial charge in [-0.2, -0.15) is 0 Å². The van der Waals surface area contributed by atoms with Crippen LogP contribution in [0.1, 0.15) is 5.56 Å². The van der Waals surface area contributed by atoms with E-state index < -0.39 is 11.7 Å². The van der Waals surface area contributed by atoms with Crippen LogP contribution >= 0.6 is 0 Å². The van der Waals surface area contributed by atoms with Crippen molar-refractivity contribution in [1.82, 2.24) is 15.1 Å². The van der Waals surface area contributed by atoms with E-state index in [1.54, 1.807) is 7.11 Å². The number of ether oxygens (including phenoxy) is 4. The fourth-order valence-corrected chi connectivity index (χ4v) is 4.00. The molecule has 0 radical (unpaired) electrons. The second kappa shape index (κ2) is 11.8. The lowest BCUT2D eigenvalue weighted by molar-refractivity contribution is -0.126. The maximum atomic E-state index is 11.6. The van der Waals surface area contributed by atoms with Gasteiger partial charge in [0.25, 0.3) is 0 Å². The lowest BCUT2D eigenvalue weighted by Crippen LogP contribution is -2.51. The molecule has 10 nitrogen and oxygen atoms in total. The standard InChI is InChI=1S/C22H35N3O7/c1-29-14-21(27)23-15-22(28)16-25(13-20(22)26)12-17-3-4-18(19(11-17)30-2)32-10-7-24-5-8-31-9-6-24/h3-4,11,20,26,28H,5-10,12-16H2,1-2H3,(H,23,27)/t20-,22+/m1/s1. The first kappa shape index (κ1) is 24.7. The molecule has 0 bridgehead atoms. The van der Waals surface area contributed by atoms with Crippen LogP contribution in [0.25, 0.3) is 0 Å². The molecule has 0 saturated carbocycles. The minimum Gasteiger partial charge on any atom is -0.493 e. The topological polar surface area (TPSA) is 113 Å². The molecule has 10 heteroatoms. The van der Waals surface area contributed by atoms with Crippen molar-refractivity contribution < 1.29 is 34.0 Å². The van der Waals surface area contributed by atoms with Crippen molar-refractivity contribution in [1.29, 1.82) is 0 Å². The van der Waals surface area contributed by atoms with E-state index in [0.29, 0.717) is 31.2 Å². The molecule has 1 amide bonds. The van der Waals surface area contributed by atoms with Crippen LogP contribution in [0, 0.1) is 0 Å². The zero-order valence-electron chi connectivity index (χ0n) is 18.9. The number of likely N-dealkylation sites (tertiary alicyclic amines) is 1. The quantitative estimate of drug-likeness (QED) is 0.391. The lowest BCUT2D eigenvalue weighted by Gasteiger charge is -2.26. The Morgan fingerprint density at radius 1 is 1.25 bits per heavy atom. The summed E-state index contributed by atoms with van der Waals surface area (Å²) in [4.78, 5) is 15.9.